The molecule has 0 aliphatic heterocycles. The highest BCUT2D eigenvalue weighted by Crippen LogP contribution is 2.34. The smallest absolute Gasteiger partial charge is 0.102 e. The second-order valence-corrected chi connectivity index (χ2v) is 6.27. The third-order valence-corrected chi connectivity index (χ3v) is 4.91. The number of halogens is 1. The van der Waals surface area contributed by atoms with E-state index >= 15 is 0 Å². The molecule has 0 aliphatic rings. The summed E-state index contributed by atoms with van der Waals surface area (Å²) >= 11 is 0. The fourth-order valence-corrected chi connectivity index (χ4v) is 3.05. The maximum Gasteiger partial charge on any atom is 0.102 e. The predicted octanol–water partition coefficient (Wildman–Crippen LogP) is 3.77. The predicted molar refractivity (Wildman–Crippen MR) is 54.9 cm³/mol. The lowest BCUT2D eigenvalue weighted by Gasteiger charge is -2.16. The molecule has 0 spiro atoms. The van der Waals surface area contributed by atoms with Gasteiger partial charge in [-0.2, -0.15) is 0 Å². The lowest BCUT2D eigenvalue weighted by atomic mass is 10.1. The first kappa shape index (κ1) is 11.6. The maximum atomic E-state index is 12.3. The van der Waals surface area contributed by atoms with Crippen molar-refractivity contribution in [1.82, 2.24) is 0 Å². The van der Waals surface area contributed by atoms with Crippen molar-refractivity contribution in [1.29, 1.82) is 0 Å². The third kappa shape index (κ3) is 5.85. The second kappa shape index (κ2) is 6.18. The number of alkyl halides is 1. The lowest BCUT2D eigenvalue weighted by Crippen LogP contribution is -2.12. The fraction of sp³-hybridized carbons (Fsp3) is 1.00. The molecule has 0 amide bonds. The molecule has 0 fully saturated rings. The number of hydrogen-bond donors (Lipinski definition) is 0. The standard InChI is InChI=1S/C8H17FS2/c1-6(2)8(5-9)11-10-7(3)4/h6-8H,5H2,1-4H3/t8-/m1/s1. The molecule has 0 N–H and O–H groups in total. The monoisotopic (exact) mass is 196 g/mol. The second-order valence-electron chi connectivity index (χ2n) is 3.18. The van der Waals surface area contributed by atoms with E-state index in [0.717, 1.165) is 0 Å². The Labute approximate surface area is 77.1 Å². The topological polar surface area (TPSA) is 0 Å². The SMILES string of the molecule is CC(C)SS[C@H](CF)C(C)C. The van der Waals surface area contributed by atoms with Crippen LogP contribution in [0.5, 0.6) is 0 Å². The molecule has 3 heteroatoms. The quantitative estimate of drug-likeness (QED) is 0.614. The molecule has 0 saturated heterocycles. The molecule has 0 rings (SSSR count). The van der Waals surface area contributed by atoms with Gasteiger partial charge in [-0.1, -0.05) is 49.3 Å². The molecule has 68 valence electrons. The van der Waals surface area contributed by atoms with Gasteiger partial charge in [0.25, 0.3) is 0 Å². The lowest BCUT2D eigenvalue weighted by molar-refractivity contribution is 0.433. The van der Waals surface area contributed by atoms with Gasteiger partial charge in [-0.3, -0.25) is 0 Å². The van der Waals surface area contributed by atoms with Gasteiger partial charge in [0.05, 0.1) is 0 Å². The Morgan fingerprint density at radius 3 is 1.91 bits per heavy atom. The van der Waals surface area contributed by atoms with E-state index in [9.17, 15) is 4.39 Å². The van der Waals surface area contributed by atoms with E-state index in [2.05, 4.69) is 27.7 Å². The van der Waals surface area contributed by atoms with Crippen LogP contribution in [0.3, 0.4) is 0 Å². The molecule has 0 aromatic carbocycles. The van der Waals surface area contributed by atoms with Crippen molar-refractivity contribution < 1.29 is 4.39 Å². The minimum Gasteiger partial charge on any atom is -0.250 e. The Morgan fingerprint density at radius 1 is 1.09 bits per heavy atom. The molecule has 0 radical (unpaired) electrons. The zero-order valence-electron chi connectivity index (χ0n) is 7.63. The van der Waals surface area contributed by atoms with Gasteiger partial charge in [0.1, 0.15) is 6.67 Å². The van der Waals surface area contributed by atoms with Gasteiger partial charge in [0.15, 0.2) is 0 Å². The summed E-state index contributed by atoms with van der Waals surface area (Å²) in [4.78, 5) is 0. The van der Waals surface area contributed by atoms with E-state index in [0.29, 0.717) is 11.2 Å². The Balaban J connectivity index is 3.52. The van der Waals surface area contributed by atoms with Crippen molar-refractivity contribution in [2.24, 2.45) is 5.92 Å². The van der Waals surface area contributed by atoms with Gasteiger partial charge in [-0.25, -0.2) is 4.39 Å². The van der Waals surface area contributed by atoms with Crippen molar-refractivity contribution >= 4 is 21.6 Å². The zero-order chi connectivity index (χ0) is 8.85. The maximum absolute atomic E-state index is 12.3. The van der Waals surface area contributed by atoms with Crippen molar-refractivity contribution in [3.8, 4) is 0 Å². The molecule has 11 heavy (non-hydrogen) atoms. The van der Waals surface area contributed by atoms with Crippen LogP contribution >= 0.6 is 21.6 Å². The Kier molecular flexibility index (Phi) is 6.53. The van der Waals surface area contributed by atoms with E-state index in [4.69, 9.17) is 0 Å². The van der Waals surface area contributed by atoms with Crippen LogP contribution in [-0.4, -0.2) is 17.2 Å². The van der Waals surface area contributed by atoms with Crippen LogP contribution < -0.4 is 0 Å². The van der Waals surface area contributed by atoms with Crippen LogP contribution in [-0.2, 0) is 0 Å². The van der Waals surface area contributed by atoms with Crippen molar-refractivity contribution in [3.05, 3.63) is 0 Å². The average molecular weight is 196 g/mol. The molecule has 0 unspecified atom stereocenters. The van der Waals surface area contributed by atoms with Gasteiger partial charge in [-0.05, 0) is 5.92 Å². The van der Waals surface area contributed by atoms with Gasteiger partial charge in [-0.15, -0.1) is 0 Å². The third-order valence-electron chi connectivity index (χ3n) is 1.27. The highest BCUT2D eigenvalue weighted by atomic mass is 33.1. The average Bonchev–Trinajstić information content (AvgIpc) is 1.87. The molecule has 0 saturated carbocycles. The minimum absolute atomic E-state index is 0.169. The van der Waals surface area contributed by atoms with Crippen LogP contribution in [0.2, 0.25) is 0 Å². The molecule has 0 heterocycles. The molecule has 0 aromatic heterocycles. The summed E-state index contributed by atoms with van der Waals surface area (Å²) in [7, 11) is 3.45. The van der Waals surface area contributed by atoms with Crippen LogP contribution in [0.1, 0.15) is 27.7 Å². The summed E-state index contributed by atoms with van der Waals surface area (Å²) in [5.41, 5.74) is 0. The van der Waals surface area contributed by atoms with Crippen LogP contribution in [0.4, 0.5) is 4.39 Å². The van der Waals surface area contributed by atoms with E-state index in [-0.39, 0.29) is 11.9 Å². The molecule has 0 aliphatic carbocycles. The van der Waals surface area contributed by atoms with Crippen molar-refractivity contribution in [2.45, 2.75) is 38.2 Å². The molecular formula is C8H17FS2. The van der Waals surface area contributed by atoms with E-state index < -0.39 is 0 Å². The van der Waals surface area contributed by atoms with Crippen molar-refractivity contribution in [2.75, 3.05) is 6.67 Å². The largest absolute Gasteiger partial charge is 0.250 e. The highest BCUT2D eigenvalue weighted by Gasteiger charge is 2.14. The van der Waals surface area contributed by atoms with E-state index in [1.807, 2.05) is 0 Å². The Bertz CT molecular complexity index is 94.1. The van der Waals surface area contributed by atoms with Crippen LogP contribution in [0.25, 0.3) is 0 Å². The van der Waals surface area contributed by atoms with Crippen LogP contribution in [0.15, 0.2) is 0 Å². The molecule has 0 nitrogen and oxygen atoms in total. The first-order valence-electron chi connectivity index (χ1n) is 3.96. The summed E-state index contributed by atoms with van der Waals surface area (Å²) in [5.74, 6) is 0.441. The highest BCUT2D eigenvalue weighted by molar-refractivity contribution is 8.77. The molecule has 1 atom stereocenters. The van der Waals surface area contributed by atoms with E-state index in [1.54, 1.807) is 21.6 Å². The van der Waals surface area contributed by atoms with Gasteiger partial charge in [0.2, 0.25) is 0 Å². The van der Waals surface area contributed by atoms with Gasteiger partial charge >= 0.3 is 0 Å². The number of hydrogen-bond acceptors (Lipinski definition) is 2. The fourth-order valence-electron chi connectivity index (χ4n) is 0.497. The first-order valence-corrected chi connectivity index (χ1v) is 6.23. The molecule has 0 bridgehead atoms. The Morgan fingerprint density at radius 2 is 1.64 bits per heavy atom. The normalized spacial score (nSPS) is 14.5. The van der Waals surface area contributed by atoms with E-state index in [1.165, 1.54) is 0 Å². The summed E-state index contributed by atoms with van der Waals surface area (Å²) in [6.45, 7) is 8.19. The van der Waals surface area contributed by atoms with Crippen LogP contribution in [0, 0.1) is 5.92 Å². The van der Waals surface area contributed by atoms with Crippen molar-refractivity contribution in [3.63, 3.8) is 0 Å². The van der Waals surface area contributed by atoms with Gasteiger partial charge < -0.3 is 0 Å². The number of rotatable bonds is 5. The first-order chi connectivity index (χ1) is 5.07. The summed E-state index contributed by atoms with van der Waals surface area (Å²) in [6.07, 6.45) is 0. The molecular weight excluding hydrogens is 179 g/mol. The Hall–Kier alpha value is 0.630. The summed E-state index contributed by atoms with van der Waals surface area (Å²) < 4.78 is 12.3. The summed E-state index contributed by atoms with van der Waals surface area (Å²) in [6, 6.07) is 0. The van der Waals surface area contributed by atoms with Gasteiger partial charge in [0, 0.05) is 10.5 Å². The zero-order valence-corrected chi connectivity index (χ0v) is 9.27. The summed E-state index contributed by atoms with van der Waals surface area (Å²) in [5, 5.41) is 0.759. The minimum atomic E-state index is -0.206. The molecule has 0 aromatic rings.